The van der Waals surface area contributed by atoms with Crippen LogP contribution in [-0.2, 0) is 6.54 Å². The molecule has 0 aromatic heterocycles. The molecule has 0 heterocycles. The molecule has 4 nitrogen and oxygen atoms in total. The smallest absolute Gasteiger partial charge is 0.322 e. The summed E-state index contributed by atoms with van der Waals surface area (Å²) in [5.74, 6) is 0.159. The Balaban J connectivity index is 2.17. The summed E-state index contributed by atoms with van der Waals surface area (Å²) in [5.41, 5.74) is 1.44. The van der Waals surface area contributed by atoms with Crippen LogP contribution in [0.3, 0.4) is 0 Å². The minimum Gasteiger partial charge on any atom is -0.506 e. The zero-order valence-corrected chi connectivity index (χ0v) is 16.6. The van der Waals surface area contributed by atoms with E-state index in [2.05, 4.69) is 44.1 Å². The standard InChI is InChI=1S/C18H20Br2N2O2/c1-2-3-9-22(18(24)21-15-7-5-4-6-8-15)12-13-10-14(19)11-16(20)17(13)23/h4-8,10-11,23H,2-3,9,12H2,1H3,(H,21,24). The molecule has 0 unspecified atom stereocenters. The second-order valence-corrected chi connectivity index (χ2v) is 7.24. The van der Waals surface area contributed by atoms with Gasteiger partial charge in [-0.25, -0.2) is 4.79 Å². The molecule has 0 aliphatic heterocycles. The summed E-state index contributed by atoms with van der Waals surface area (Å²) in [5, 5.41) is 13.1. The summed E-state index contributed by atoms with van der Waals surface area (Å²) in [6.45, 7) is 3.04. The van der Waals surface area contributed by atoms with E-state index < -0.39 is 0 Å². The van der Waals surface area contributed by atoms with E-state index >= 15 is 0 Å². The Kier molecular flexibility index (Phi) is 7.12. The number of anilines is 1. The SMILES string of the molecule is CCCCN(Cc1cc(Br)cc(Br)c1O)C(=O)Nc1ccccc1. The molecule has 24 heavy (non-hydrogen) atoms. The van der Waals surface area contributed by atoms with Crippen molar-refractivity contribution >= 4 is 43.6 Å². The lowest BCUT2D eigenvalue weighted by Crippen LogP contribution is -2.35. The summed E-state index contributed by atoms with van der Waals surface area (Å²) in [4.78, 5) is 14.3. The number of nitrogens with zero attached hydrogens (tertiary/aromatic N) is 1. The highest BCUT2D eigenvalue weighted by Gasteiger charge is 2.17. The molecule has 0 spiro atoms. The first-order valence-electron chi connectivity index (χ1n) is 7.79. The Morgan fingerprint density at radius 1 is 1.21 bits per heavy atom. The van der Waals surface area contributed by atoms with Gasteiger partial charge in [-0.3, -0.25) is 0 Å². The lowest BCUT2D eigenvalue weighted by Gasteiger charge is -2.24. The number of urea groups is 1. The van der Waals surface area contributed by atoms with Crippen LogP contribution in [0.15, 0.2) is 51.4 Å². The third-order valence-corrected chi connectivity index (χ3v) is 4.62. The van der Waals surface area contributed by atoms with Gasteiger partial charge in [0, 0.05) is 22.3 Å². The molecule has 0 atom stereocenters. The molecule has 0 radical (unpaired) electrons. The van der Waals surface area contributed by atoms with E-state index in [-0.39, 0.29) is 11.8 Å². The quantitative estimate of drug-likeness (QED) is 0.582. The molecule has 0 aliphatic carbocycles. The first kappa shape index (κ1) is 18.8. The number of benzene rings is 2. The van der Waals surface area contributed by atoms with Gasteiger partial charge in [-0.05, 0) is 46.6 Å². The van der Waals surface area contributed by atoms with Gasteiger partial charge >= 0.3 is 6.03 Å². The molecular weight excluding hydrogens is 436 g/mol. The molecule has 2 N–H and O–H groups in total. The summed E-state index contributed by atoms with van der Waals surface area (Å²) >= 11 is 6.75. The summed E-state index contributed by atoms with van der Waals surface area (Å²) in [6, 6.07) is 12.8. The van der Waals surface area contributed by atoms with Gasteiger partial charge in [0.1, 0.15) is 5.75 Å². The average molecular weight is 456 g/mol. The zero-order chi connectivity index (χ0) is 17.5. The number of hydrogen-bond acceptors (Lipinski definition) is 2. The molecule has 0 bridgehead atoms. The van der Waals surface area contributed by atoms with Crippen molar-refractivity contribution in [3.05, 3.63) is 57.0 Å². The second kappa shape index (κ2) is 9.08. The fourth-order valence-corrected chi connectivity index (χ4v) is 3.58. The fraction of sp³-hybridized carbons (Fsp3) is 0.278. The number of unbranched alkanes of at least 4 members (excludes halogenated alkanes) is 1. The van der Waals surface area contributed by atoms with Crippen LogP contribution in [-0.4, -0.2) is 22.6 Å². The Morgan fingerprint density at radius 2 is 1.92 bits per heavy atom. The van der Waals surface area contributed by atoms with Gasteiger partial charge in [0.15, 0.2) is 0 Å². The van der Waals surface area contributed by atoms with E-state index in [1.807, 2.05) is 36.4 Å². The maximum atomic E-state index is 12.6. The molecule has 6 heteroatoms. The number of nitrogens with one attached hydrogen (secondary N) is 1. The molecule has 0 saturated carbocycles. The lowest BCUT2D eigenvalue weighted by atomic mass is 10.2. The van der Waals surface area contributed by atoms with Crippen molar-refractivity contribution in [3.8, 4) is 5.75 Å². The number of phenols is 1. The number of rotatable bonds is 6. The van der Waals surface area contributed by atoms with Gasteiger partial charge in [0.2, 0.25) is 0 Å². The highest BCUT2D eigenvalue weighted by atomic mass is 79.9. The van der Waals surface area contributed by atoms with E-state index in [0.717, 1.165) is 23.0 Å². The number of para-hydroxylation sites is 1. The third-order valence-electron chi connectivity index (χ3n) is 3.56. The predicted octanol–water partition coefficient (Wildman–Crippen LogP) is 5.75. The highest BCUT2D eigenvalue weighted by Crippen LogP contribution is 2.32. The van der Waals surface area contributed by atoms with Crippen LogP contribution in [0.1, 0.15) is 25.3 Å². The van der Waals surface area contributed by atoms with E-state index in [0.29, 0.717) is 23.1 Å². The largest absolute Gasteiger partial charge is 0.506 e. The Labute approximate surface area is 159 Å². The van der Waals surface area contributed by atoms with Crippen LogP contribution >= 0.6 is 31.9 Å². The molecule has 2 amide bonds. The van der Waals surface area contributed by atoms with Gasteiger partial charge in [-0.2, -0.15) is 0 Å². The molecule has 2 rings (SSSR count). The van der Waals surface area contributed by atoms with Crippen molar-refractivity contribution in [1.82, 2.24) is 4.90 Å². The van der Waals surface area contributed by atoms with E-state index in [1.54, 1.807) is 11.0 Å². The molecule has 0 aliphatic rings. The number of carbonyl (C=O) groups is 1. The van der Waals surface area contributed by atoms with Crippen molar-refractivity contribution in [1.29, 1.82) is 0 Å². The van der Waals surface area contributed by atoms with Crippen molar-refractivity contribution in [2.24, 2.45) is 0 Å². The molecule has 2 aromatic carbocycles. The first-order chi connectivity index (χ1) is 11.5. The van der Waals surface area contributed by atoms with Crippen molar-refractivity contribution in [3.63, 3.8) is 0 Å². The van der Waals surface area contributed by atoms with Gasteiger partial charge < -0.3 is 15.3 Å². The van der Waals surface area contributed by atoms with Crippen molar-refractivity contribution < 1.29 is 9.90 Å². The average Bonchev–Trinajstić information content (AvgIpc) is 2.56. The second-order valence-electron chi connectivity index (χ2n) is 5.47. The topological polar surface area (TPSA) is 52.6 Å². The normalized spacial score (nSPS) is 10.5. The number of carbonyl (C=O) groups excluding carboxylic acids is 1. The van der Waals surface area contributed by atoms with Crippen LogP contribution in [0.5, 0.6) is 5.75 Å². The van der Waals surface area contributed by atoms with Gasteiger partial charge in [0.25, 0.3) is 0 Å². The molecule has 128 valence electrons. The van der Waals surface area contributed by atoms with Crippen LogP contribution in [0.2, 0.25) is 0 Å². The molecule has 0 saturated heterocycles. The maximum Gasteiger partial charge on any atom is 0.322 e. The monoisotopic (exact) mass is 454 g/mol. The first-order valence-corrected chi connectivity index (χ1v) is 9.37. The summed E-state index contributed by atoms with van der Waals surface area (Å²) in [6.07, 6.45) is 1.89. The fourth-order valence-electron chi connectivity index (χ4n) is 2.27. The Morgan fingerprint density at radius 3 is 2.58 bits per heavy atom. The number of amides is 2. The molecule has 2 aromatic rings. The molecule has 0 fully saturated rings. The van der Waals surface area contributed by atoms with Crippen LogP contribution in [0, 0.1) is 0 Å². The number of phenolic OH excluding ortho intramolecular Hbond substituents is 1. The van der Waals surface area contributed by atoms with E-state index in [1.165, 1.54) is 0 Å². The Hall–Kier alpha value is -1.53. The predicted molar refractivity (Wildman–Crippen MR) is 104 cm³/mol. The Bertz CT molecular complexity index is 693. The number of hydrogen-bond donors (Lipinski definition) is 2. The minimum absolute atomic E-state index is 0.159. The van der Waals surface area contributed by atoms with E-state index in [4.69, 9.17) is 0 Å². The van der Waals surface area contributed by atoms with Crippen LogP contribution in [0.25, 0.3) is 0 Å². The highest BCUT2D eigenvalue weighted by molar-refractivity contribution is 9.11. The molecular formula is C18H20Br2N2O2. The summed E-state index contributed by atoms with van der Waals surface area (Å²) < 4.78 is 1.45. The van der Waals surface area contributed by atoms with Gasteiger partial charge in [-0.15, -0.1) is 0 Å². The van der Waals surface area contributed by atoms with Crippen LogP contribution in [0.4, 0.5) is 10.5 Å². The van der Waals surface area contributed by atoms with Gasteiger partial charge in [-0.1, -0.05) is 47.5 Å². The lowest BCUT2D eigenvalue weighted by molar-refractivity contribution is 0.207. The van der Waals surface area contributed by atoms with Crippen molar-refractivity contribution in [2.75, 3.05) is 11.9 Å². The van der Waals surface area contributed by atoms with Crippen molar-refractivity contribution in [2.45, 2.75) is 26.3 Å². The minimum atomic E-state index is -0.176. The number of halogens is 2. The maximum absolute atomic E-state index is 12.6. The zero-order valence-electron chi connectivity index (χ0n) is 13.4. The van der Waals surface area contributed by atoms with Gasteiger partial charge in [0.05, 0.1) is 11.0 Å². The van der Waals surface area contributed by atoms with Crippen LogP contribution < -0.4 is 5.32 Å². The summed E-state index contributed by atoms with van der Waals surface area (Å²) in [7, 11) is 0. The third kappa shape index (κ3) is 5.24. The number of aromatic hydroxyl groups is 1. The van der Waals surface area contributed by atoms with E-state index in [9.17, 15) is 9.90 Å².